The standard InChI is InChI=1S/C10H10ClNOS/c11-8-3-1-7(2-4-8)10(14)9-5-13-6-12-9/h1-4,6,9-10,14H,5H2. The zero-order chi connectivity index (χ0) is 9.97. The molecule has 1 aromatic carbocycles. The van der Waals surface area contributed by atoms with Crippen molar-refractivity contribution in [2.75, 3.05) is 6.61 Å². The Labute approximate surface area is 93.4 Å². The molecule has 14 heavy (non-hydrogen) atoms. The van der Waals surface area contributed by atoms with Crippen molar-refractivity contribution in [3.63, 3.8) is 0 Å². The maximum atomic E-state index is 5.80. The highest BCUT2D eigenvalue weighted by Gasteiger charge is 2.21. The van der Waals surface area contributed by atoms with Gasteiger partial charge in [-0.3, -0.25) is 4.99 Å². The lowest BCUT2D eigenvalue weighted by Crippen LogP contribution is -2.13. The average molecular weight is 228 g/mol. The fourth-order valence-electron chi connectivity index (χ4n) is 1.36. The summed E-state index contributed by atoms with van der Waals surface area (Å²) in [5.74, 6) is 0. The van der Waals surface area contributed by atoms with Gasteiger partial charge in [-0.2, -0.15) is 12.6 Å². The summed E-state index contributed by atoms with van der Waals surface area (Å²) in [5.41, 5.74) is 1.12. The van der Waals surface area contributed by atoms with Crippen molar-refractivity contribution in [3.05, 3.63) is 34.9 Å². The Morgan fingerprint density at radius 2 is 2.14 bits per heavy atom. The maximum absolute atomic E-state index is 5.80. The van der Waals surface area contributed by atoms with E-state index in [1.165, 1.54) is 6.40 Å². The topological polar surface area (TPSA) is 21.6 Å². The van der Waals surface area contributed by atoms with Gasteiger partial charge in [0.15, 0.2) is 6.40 Å². The lowest BCUT2D eigenvalue weighted by molar-refractivity contribution is 0.326. The number of halogens is 1. The highest BCUT2D eigenvalue weighted by Crippen LogP contribution is 2.28. The molecule has 4 heteroatoms. The molecule has 0 amide bonds. The second-order valence-electron chi connectivity index (χ2n) is 3.15. The lowest BCUT2D eigenvalue weighted by atomic mass is 10.1. The Balaban J connectivity index is 2.14. The third-order valence-corrected chi connectivity index (χ3v) is 3.06. The van der Waals surface area contributed by atoms with Crippen LogP contribution in [0.1, 0.15) is 10.8 Å². The molecule has 1 aromatic rings. The Kier molecular flexibility index (Phi) is 2.99. The molecule has 0 radical (unpaired) electrons. The quantitative estimate of drug-likeness (QED) is 0.771. The van der Waals surface area contributed by atoms with Gasteiger partial charge in [0.1, 0.15) is 12.6 Å². The van der Waals surface area contributed by atoms with Crippen LogP contribution < -0.4 is 0 Å². The van der Waals surface area contributed by atoms with Gasteiger partial charge in [0.25, 0.3) is 0 Å². The Morgan fingerprint density at radius 1 is 1.43 bits per heavy atom. The van der Waals surface area contributed by atoms with E-state index in [4.69, 9.17) is 16.3 Å². The van der Waals surface area contributed by atoms with Crippen LogP contribution >= 0.6 is 24.2 Å². The van der Waals surface area contributed by atoms with Crippen molar-refractivity contribution in [2.24, 2.45) is 4.99 Å². The maximum Gasteiger partial charge on any atom is 0.169 e. The van der Waals surface area contributed by atoms with Gasteiger partial charge in [-0.25, -0.2) is 0 Å². The van der Waals surface area contributed by atoms with Crippen LogP contribution in [-0.4, -0.2) is 19.0 Å². The first kappa shape index (κ1) is 9.87. The summed E-state index contributed by atoms with van der Waals surface area (Å²) in [4.78, 5) is 4.18. The molecular formula is C10H10ClNOS. The molecule has 0 aromatic heterocycles. The van der Waals surface area contributed by atoms with Crippen molar-refractivity contribution in [1.29, 1.82) is 0 Å². The highest BCUT2D eigenvalue weighted by molar-refractivity contribution is 7.80. The molecule has 1 aliphatic heterocycles. The molecule has 2 nitrogen and oxygen atoms in total. The number of benzene rings is 1. The third kappa shape index (κ3) is 2.04. The van der Waals surface area contributed by atoms with Crippen molar-refractivity contribution in [2.45, 2.75) is 11.3 Å². The first-order valence-electron chi connectivity index (χ1n) is 4.34. The van der Waals surface area contributed by atoms with E-state index in [0.29, 0.717) is 6.61 Å². The molecule has 0 bridgehead atoms. The predicted molar refractivity (Wildman–Crippen MR) is 61.4 cm³/mol. The molecule has 2 atom stereocenters. The van der Waals surface area contributed by atoms with Crippen LogP contribution in [0.2, 0.25) is 5.02 Å². The molecule has 0 saturated heterocycles. The number of nitrogens with zero attached hydrogens (tertiary/aromatic N) is 1. The van der Waals surface area contributed by atoms with Gasteiger partial charge in [0.2, 0.25) is 0 Å². The molecule has 1 heterocycles. The number of ether oxygens (including phenoxy) is 1. The van der Waals surface area contributed by atoms with Crippen molar-refractivity contribution >= 4 is 30.6 Å². The third-order valence-electron chi connectivity index (χ3n) is 2.17. The molecule has 2 unspecified atom stereocenters. The Hall–Kier alpha value is -0.670. The summed E-state index contributed by atoms with van der Waals surface area (Å²) < 4.78 is 5.06. The summed E-state index contributed by atoms with van der Waals surface area (Å²) in [6.45, 7) is 0.608. The smallest absolute Gasteiger partial charge is 0.169 e. The predicted octanol–water partition coefficient (Wildman–Crippen LogP) is 2.74. The van der Waals surface area contributed by atoms with Gasteiger partial charge >= 0.3 is 0 Å². The minimum atomic E-state index is 0.0750. The summed E-state index contributed by atoms with van der Waals surface area (Å²) in [6, 6.07) is 7.76. The van der Waals surface area contributed by atoms with Gasteiger partial charge in [-0.05, 0) is 17.7 Å². The minimum Gasteiger partial charge on any atom is -0.481 e. The van der Waals surface area contributed by atoms with Crippen molar-refractivity contribution in [1.82, 2.24) is 0 Å². The van der Waals surface area contributed by atoms with E-state index in [1.54, 1.807) is 0 Å². The summed E-state index contributed by atoms with van der Waals surface area (Å²) in [7, 11) is 0. The van der Waals surface area contributed by atoms with Crippen LogP contribution in [0, 0.1) is 0 Å². The van der Waals surface area contributed by atoms with Gasteiger partial charge in [-0.15, -0.1) is 0 Å². The highest BCUT2D eigenvalue weighted by atomic mass is 35.5. The molecular weight excluding hydrogens is 218 g/mol. The van der Waals surface area contributed by atoms with Gasteiger partial charge < -0.3 is 4.74 Å². The molecule has 0 aliphatic carbocycles. The number of rotatable bonds is 2. The second-order valence-corrected chi connectivity index (χ2v) is 4.14. The minimum absolute atomic E-state index is 0.0750. The van der Waals surface area contributed by atoms with E-state index < -0.39 is 0 Å². The summed E-state index contributed by atoms with van der Waals surface area (Å²) >= 11 is 10.3. The number of hydrogen-bond donors (Lipinski definition) is 1. The zero-order valence-electron chi connectivity index (χ0n) is 7.43. The van der Waals surface area contributed by atoms with Crippen LogP contribution in [0.4, 0.5) is 0 Å². The summed E-state index contributed by atoms with van der Waals surface area (Å²) in [5, 5.41) is 0.812. The molecule has 0 spiro atoms. The monoisotopic (exact) mass is 227 g/mol. The second kappa shape index (κ2) is 4.24. The van der Waals surface area contributed by atoms with Gasteiger partial charge in [0.05, 0.1) is 5.25 Å². The SMILES string of the molecule is SC(c1ccc(Cl)cc1)C1COC=N1. The molecule has 0 saturated carbocycles. The molecule has 0 fully saturated rings. The van der Waals surface area contributed by atoms with Crippen LogP contribution in [0.25, 0.3) is 0 Å². The molecule has 74 valence electrons. The normalized spacial score (nSPS) is 22.0. The summed E-state index contributed by atoms with van der Waals surface area (Å²) in [6.07, 6.45) is 1.49. The van der Waals surface area contributed by atoms with E-state index in [0.717, 1.165) is 10.6 Å². The van der Waals surface area contributed by atoms with E-state index in [-0.39, 0.29) is 11.3 Å². The number of aliphatic imine (C=N–C) groups is 1. The van der Waals surface area contributed by atoms with E-state index in [2.05, 4.69) is 17.6 Å². The average Bonchev–Trinajstić information content (AvgIpc) is 2.71. The number of thiol groups is 1. The molecule has 0 N–H and O–H groups in total. The first-order chi connectivity index (χ1) is 6.77. The lowest BCUT2D eigenvalue weighted by Gasteiger charge is -2.14. The fourth-order valence-corrected chi connectivity index (χ4v) is 1.82. The number of hydrogen-bond acceptors (Lipinski definition) is 3. The first-order valence-corrected chi connectivity index (χ1v) is 5.23. The zero-order valence-corrected chi connectivity index (χ0v) is 9.08. The van der Waals surface area contributed by atoms with Crippen LogP contribution in [0.5, 0.6) is 0 Å². The van der Waals surface area contributed by atoms with Crippen LogP contribution in [0.15, 0.2) is 29.3 Å². The van der Waals surface area contributed by atoms with E-state index >= 15 is 0 Å². The van der Waals surface area contributed by atoms with E-state index in [1.807, 2.05) is 24.3 Å². The van der Waals surface area contributed by atoms with Crippen molar-refractivity contribution in [3.8, 4) is 0 Å². The van der Waals surface area contributed by atoms with Crippen LogP contribution in [-0.2, 0) is 4.74 Å². The van der Waals surface area contributed by atoms with Crippen LogP contribution in [0.3, 0.4) is 0 Å². The molecule has 2 rings (SSSR count). The Bertz CT molecular complexity index is 338. The Morgan fingerprint density at radius 3 is 2.71 bits per heavy atom. The van der Waals surface area contributed by atoms with Gasteiger partial charge in [0, 0.05) is 5.02 Å². The largest absolute Gasteiger partial charge is 0.481 e. The fraction of sp³-hybridized carbons (Fsp3) is 0.300. The molecule has 1 aliphatic rings. The van der Waals surface area contributed by atoms with E-state index in [9.17, 15) is 0 Å². The van der Waals surface area contributed by atoms with Crippen molar-refractivity contribution < 1.29 is 4.74 Å². The van der Waals surface area contributed by atoms with Gasteiger partial charge in [-0.1, -0.05) is 23.7 Å².